The van der Waals surface area contributed by atoms with Gasteiger partial charge in [-0.2, -0.15) is 0 Å². The number of aromatic hydroxyl groups is 1. The van der Waals surface area contributed by atoms with Crippen molar-refractivity contribution < 1.29 is 14.6 Å². The van der Waals surface area contributed by atoms with Gasteiger partial charge in [-0.3, -0.25) is 4.79 Å². The first-order valence-corrected chi connectivity index (χ1v) is 10.1. The number of carbonyl (C=O) groups is 1. The van der Waals surface area contributed by atoms with E-state index in [0.29, 0.717) is 26.9 Å². The highest BCUT2D eigenvalue weighted by Gasteiger charge is 2.24. The van der Waals surface area contributed by atoms with Crippen molar-refractivity contribution in [3.63, 3.8) is 0 Å². The van der Waals surface area contributed by atoms with Gasteiger partial charge in [-0.05, 0) is 66.6 Å². The Kier molecular flexibility index (Phi) is 6.23. The van der Waals surface area contributed by atoms with Crippen molar-refractivity contribution in [1.29, 1.82) is 0 Å². The zero-order valence-electron chi connectivity index (χ0n) is 15.0. The fourth-order valence-electron chi connectivity index (χ4n) is 2.49. The minimum atomic E-state index is -0.207. The van der Waals surface area contributed by atoms with Crippen LogP contribution in [0.15, 0.2) is 50.8 Å². The third kappa shape index (κ3) is 4.73. The Hall–Kier alpha value is -2.25. The quantitative estimate of drug-likeness (QED) is 0.633. The molecule has 0 saturated carbocycles. The number of hydrogen-bond donors (Lipinski definition) is 2. The van der Waals surface area contributed by atoms with Gasteiger partial charge in [0.05, 0.1) is 17.2 Å². The third-order valence-corrected chi connectivity index (χ3v) is 5.49. The SMILES string of the molecule is CCOc1cc(/C=C2\SC(=Nc3ccc(CC)cc3)NC2=O)c(Br)cc1O. The number of phenols is 1. The number of nitrogens with zero attached hydrogens (tertiary/aromatic N) is 1. The summed E-state index contributed by atoms with van der Waals surface area (Å²) in [5.41, 5.74) is 2.77. The monoisotopic (exact) mass is 446 g/mol. The molecule has 2 aromatic carbocycles. The normalized spacial score (nSPS) is 16.8. The zero-order chi connectivity index (χ0) is 19.4. The summed E-state index contributed by atoms with van der Waals surface area (Å²) in [7, 11) is 0. The van der Waals surface area contributed by atoms with Crippen molar-refractivity contribution in [2.24, 2.45) is 4.99 Å². The van der Waals surface area contributed by atoms with E-state index in [1.54, 1.807) is 18.2 Å². The molecule has 3 rings (SSSR count). The zero-order valence-corrected chi connectivity index (χ0v) is 17.4. The maximum absolute atomic E-state index is 12.3. The van der Waals surface area contributed by atoms with Crippen molar-refractivity contribution in [3.05, 3.63) is 56.9 Å². The first kappa shape index (κ1) is 19.5. The van der Waals surface area contributed by atoms with Crippen LogP contribution in [0.1, 0.15) is 25.0 Å². The molecule has 1 amide bonds. The number of amidine groups is 1. The minimum absolute atomic E-state index is 0.0483. The van der Waals surface area contributed by atoms with Crippen LogP contribution in [0.5, 0.6) is 11.5 Å². The Morgan fingerprint density at radius 1 is 1.26 bits per heavy atom. The second kappa shape index (κ2) is 8.63. The summed E-state index contributed by atoms with van der Waals surface area (Å²) in [4.78, 5) is 17.3. The Labute approximate surface area is 170 Å². The third-order valence-electron chi connectivity index (χ3n) is 3.89. The molecule has 2 N–H and O–H groups in total. The number of aryl methyl sites for hydroxylation is 1. The maximum atomic E-state index is 12.3. The standard InChI is InChI=1S/C20H19BrN2O3S/c1-3-12-5-7-14(8-6-12)22-20-23-19(25)18(27-20)10-13-9-17(26-4-2)16(24)11-15(13)21/h5-11,24H,3-4H2,1-2H3,(H,22,23,25)/b18-10-. The second-order valence-corrected chi connectivity index (χ2v) is 7.66. The van der Waals surface area contributed by atoms with Crippen LogP contribution in [-0.4, -0.2) is 22.8 Å². The number of ether oxygens (including phenoxy) is 1. The summed E-state index contributed by atoms with van der Waals surface area (Å²) in [6.45, 7) is 4.38. The van der Waals surface area contributed by atoms with Gasteiger partial charge in [0.15, 0.2) is 16.7 Å². The molecule has 1 heterocycles. The number of phenolic OH excluding ortho intramolecular Hbond substituents is 1. The smallest absolute Gasteiger partial charge is 0.264 e. The van der Waals surface area contributed by atoms with E-state index < -0.39 is 0 Å². The largest absolute Gasteiger partial charge is 0.504 e. The number of halogens is 1. The average molecular weight is 447 g/mol. The van der Waals surface area contributed by atoms with Gasteiger partial charge in [-0.15, -0.1) is 0 Å². The number of nitrogens with one attached hydrogen (secondary N) is 1. The van der Waals surface area contributed by atoms with Gasteiger partial charge in [0.2, 0.25) is 0 Å². The van der Waals surface area contributed by atoms with Gasteiger partial charge in [0.25, 0.3) is 5.91 Å². The molecular weight excluding hydrogens is 428 g/mol. The first-order chi connectivity index (χ1) is 13.0. The molecule has 0 radical (unpaired) electrons. The first-order valence-electron chi connectivity index (χ1n) is 8.54. The Balaban J connectivity index is 1.84. The van der Waals surface area contributed by atoms with Crippen LogP contribution < -0.4 is 10.1 Å². The highest BCUT2D eigenvalue weighted by atomic mass is 79.9. The summed E-state index contributed by atoms with van der Waals surface area (Å²) < 4.78 is 6.08. The summed E-state index contributed by atoms with van der Waals surface area (Å²) in [5, 5.41) is 13.2. The van der Waals surface area contributed by atoms with Crippen LogP contribution >= 0.6 is 27.7 Å². The van der Waals surface area contributed by atoms with E-state index in [-0.39, 0.29) is 11.7 Å². The molecule has 0 aliphatic carbocycles. The van der Waals surface area contributed by atoms with Crippen LogP contribution in [0.4, 0.5) is 5.69 Å². The highest BCUT2D eigenvalue weighted by Crippen LogP contribution is 2.36. The number of benzene rings is 2. The van der Waals surface area contributed by atoms with Gasteiger partial charge in [0, 0.05) is 4.47 Å². The highest BCUT2D eigenvalue weighted by molar-refractivity contribution is 9.10. The van der Waals surface area contributed by atoms with Crippen molar-refractivity contribution in [2.45, 2.75) is 20.3 Å². The van der Waals surface area contributed by atoms with Crippen LogP contribution in [0, 0.1) is 0 Å². The van der Waals surface area contributed by atoms with Crippen molar-refractivity contribution in [1.82, 2.24) is 5.32 Å². The fraction of sp³-hybridized carbons (Fsp3) is 0.200. The Morgan fingerprint density at radius 2 is 2.00 bits per heavy atom. The lowest BCUT2D eigenvalue weighted by Crippen LogP contribution is -2.19. The van der Waals surface area contributed by atoms with E-state index in [9.17, 15) is 9.90 Å². The lowest BCUT2D eigenvalue weighted by Gasteiger charge is -2.08. The summed E-state index contributed by atoms with van der Waals surface area (Å²) in [6, 6.07) is 11.2. The number of carbonyl (C=O) groups excluding carboxylic acids is 1. The van der Waals surface area contributed by atoms with Crippen LogP contribution in [-0.2, 0) is 11.2 Å². The van der Waals surface area contributed by atoms with Gasteiger partial charge in [-0.25, -0.2) is 4.99 Å². The van der Waals surface area contributed by atoms with Gasteiger partial charge in [0.1, 0.15) is 0 Å². The van der Waals surface area contributed by atoms with Gasteiger partial charge < -0.3 is 15.2 Å². The fourth-order valence-corrected chi connectivity index (χ4v) is 3.76. The van der Waals surface area contributed by atoms with E-state index in [4.69, 9.17) is 4.74 Å². The number of aliphatic imine (C=N–C) groups is 1. The van der Waals surface area contributed by atoms with Gasteiger partial charge in [-0.1, -0.05) is 35.0 Å². The van der Waals surface area contributed by atoms with Crippen LogP contribution in [0.3, 0.4) is 0 Å². The van der Waals surface area contributed by atoms with E-state index >= 15 is 0 Å². The topological polar surface area (TPSA) is 70.9 Å². The molecule has 1 aliphatic rings. The molecule has 1 fully saturated rings. The molecule has 7 heteroatoms. The molecule has 0 unspecified atom stereocenters. The molecule has 0 aromatic heterocycles. The van der Waals surface area contributed by atoms with E-state index in [1.807, 2.05) is 31.2 Å². The number of hydrogen-bond acceptors (Lipinski definition) is 5. The molecule has 140 valence electrons. The summed E-state index contributed by atoms with van der Waals surface area (Å²) in [6.07, 6.45) is 2.72. The van der Waals surface area contributed by atoms with Crippen LogP contribution in [0.25, 0.3) is 6.08 Å². The number of amides is 1. The molecular formula is C20H19BrN2O3S. The van der Waals surface area contributed by atoms with Crippen molar-refractivity contribution >= 4 is 50.5 Å². The molecule has 0 atom stereocenters. The van der Waals surface area contributed by atoms with Crippen molar-refractivity contribution in [2.75, 3.05) is 6.61 Å². The van der Waals surface area contributed by atoms with E-state index in [1.165, 1.54) is 17.3 Å². The molecule has 2 aromatic rings. The molecule has 0 bridgehead atoms. The molecule has 5 nitrogen and oxygen atoms in total. The van der Waals surface area contributed by atoms with Gasteiger partial charge >= 0.3 is 0 Å². The molecule has 0 spiro atoms. The minimum Gasteiger partial charge on any atom is -0.504 e. The Bertz CT molecular complexity index is 924. The lowest BCUT2D eigenvalue weighted by atomic mass is 10.2. The predicted octanol–water partition coefficient (Wildman–Crippen LogP) is 5.01. The summed E-state index contributed by atoms with van der Waals surface area (Å²) in [5.74, 6) is 0.218. The Morgan fingerprint density at radius 3 is 2.67 bits per heavy atom. The molecule has 1 saturated heterocycles. The van der Waals surface area contributed by atoms with E-state index in [0.717, 1.165) is 17.7 Å². The van der Waals surface area contributed by atoms with E-state index in [2.05, 4.69) is 33.2 Å². The predicted molar refractivity (Wildman–Crippen MR) is 114 cm³/mol. The number of thioether (sulfide) groups is 1. The summed E-state index contributed by atoms with van der Waals surface area (Å²) >= 11 is 4.69. The molecule has 27 heavy (non-hydrogen) atoms. The maximum Gasteiger partial charge on any atom is 0.264 e. The number of rotatable bonds is 5. The van der Waals surface area contributed by atoms with Crippen LogP contribution in [0.2, 0.25) is 0 Å². The molecule has 1 aliphatic heterocycles. The lowest BCUT2D eigenvalue weighted by molar-refractivity contribution is -0.115. The second-order valence-electron chi connectivity index (χ2n) is 5.78. The van der Waals surface area contributed by atoms with Crippen molar-refractivity contribution in [3.8, 4) is 11.5 Å². The average Bonchev–Trinajstić information content (AvgIpc) is 2.99.